The molecule has 1 heterocycles. The number of halogens is 3. The van der Waals surface area contributed by atoms with Crippen molar-refractivity contribution < 1.29 is 31.5 Å². The zero-order chi connectivity index (χ0) is 22.8. The van der Waals surface area contributed by atoms with Crippen LogP contribution < -0.4 is 15.8 Å². The molecule has 1 atom stereocenters. The fraction of sp³-hybridized carbons (Fsp3) is 0.316. The number of primary amides is 1. The predicted octanol–water partition coefficient (Wildman–Crippen LogP) is 2.45. The largest absolute Gasteiger partial charge is 0.490 e. The summed E-state index contributed by atoms with van der Waals surface area (Å²) in [5.74, 6) is -2.41. The molecule has 1 amide bonds. The molecule has 0 aliphatic carbocycles. The van der Waals surface area contributed by atoms with Gasteiger partial charge in [-0.3, -0.25) is 4.79 Å². The first-order valence-corrected chi connectivity index (χ1v) is 12.0. The molecule has 2 aromatic carbocycles. The Morgan fingerprint density at radius 1 is 1.32 bits per heavy atom. The first-order valence-electron chi connectivity index (χ1n) is 9.09. The zero-order valence-electron chi connectivity index (χ0n) is 16.4. The van der Waals surface area contributed by atoms with E-state index in [1.807, 2.05) is 22.6 Å². The van der Waals surface area contributed by atoms with E-state index in [0.717, 1.165) is 18.4 Å². The number of anilines is 2. The molecule has 12 heteroatoms. The molecule has 3 rings (SSSR count). The third-order valence-corrected chi connectivity index (χ3v) is 6.45. The average molecular weight is 567 g/mol. The molecule has 168 valence electrons. The molecule has 2 aromatic rings. The van der Waals surface area contributed by atoms with Crippen LogP contribution in [0, 0.1) is 15.2 Å². The summed E-state index contributed by atoms with van der Waals surface area (Å²) in [7, 11) is -3.40. The molecular formula is C19H20F2IN3O5S. The number of nitrogens with two attached hydrogens (primary N) is 1. The Morgan fingerprint density at radius 2 is 2.06 bits per heavy atom. The van der Waals surface area contributed by atoms with Gasteiger partial charge in [0.1, 0.15) is 35.7 Å². The second-order valence-electron chi connectivity index (χ2n) is 6.86. The SMILES string of the molecule is CS(=O)(=O)N1CCOC(COc2cc(F)cc(Nc3ccc(I)cc3F)c2C(N)=O)C1. The Hall–Kier alpha value is -2.03. The summed E-state index contributed by atoms with van der Waals surface area (Å²) in [6, 6.07) is 6.35. The molecular weight excluding hydrogens is 547 g/mol. The predicted molar refractivity (Wildman–Crippen MR) is 119 cm³/mol. The number of hydrogen-bond donors (Lipinski definition) is 2. The molecule has 0 bridgehead atoms. The van der Waals surface area contributed by atoms with Crippen molar-refractivity contribution in [2.45, 2.75) is 6.10 Å². The summed E-state index contributed by atoms with van der Waals surface area (Å²) >= 11 is 1.94. The lowest BCUT2D eigenvalue weighted by atomic mass is 10.1. The Labute approximate surface area is 191 Å². The van der Waals surface area contributed by atoms with Crippen LogP contribution in [0.5, 0.6) is 5.75 Å². The molecule has 0 spiro atoms. The van der Waals surface area contributed by atoms with Crippen LogP contribution in [0.2, 0.25) is 0 Å². The van der Waals surface area contributed by atoms with Crippen molar-refractivity contribution in [1.82, 2.24) is 4.31 Å². The van der Waals surface area contributed by atoms with Crippen LogP contribution in [0.15, 0.2) is 30.3 Å². The van der Waals surface area contributed by atoms with Gasteiger partial charge in [0, 0.05) is 22.7 Å². The standard InChI is InChI=1S/C19H20F2IN3O5S/c1-31(27,28)25-4-5-29-13(9-25)10-30-17-7-11(20)6-16(18(17)19(23)26)24-15-3-2-12(22)8-14(15)21/h2-3,6-8,13,24H,4-5,9-10H2,1H3,(H2,23,26). The number of hydrogen-bond acceptors (Lipinski definition) is 6. The van der Waals surface area contributed by atoms with E-state index in [9.17, 15) is 22.0 Å². The number of rotatable bonds is 7. The fourth-order valence-corrected chi connectivity index (χ4v) is 4.36. The van der Waals surface area contributed by atoms with Gasteiger partial charge in [0.25, 0.3) is 5.91 Å². The van der Waals surface area contributed by atoms with Crippen molar-refractivity contribution in [3.05, 3.63) is 51.1 Å². The fourth-order valence-electron chi connectivity index (χ4n) is 3.06. The molecule has 8 nitrogen and oxygen atoms in total. The molecule has 1 aliphatic heterocycles. The van der Waals surface area contributed by atoms with Gasteiger partial charge in [0.15, 0.2) is 0 Å². The van der Waals surface area contributed by atoms with E-state index in [1.54, 1.807) is 6.07 Å². The molecule has 0 radical (unpaired) electrons. The summed E-state index contributed by atoms with van der Waals surface area (Å²) in [6.07, 6.45) is 0.466. The van der Waals surface area contributed by atoms with E-state index in [2.05, 4.69) is 5.32 Å². The number of nitrogens with one attached hydrogen (secondary N) is 1. The highest BCUT2D eigenvalue weighted by Gasteiger charge is 2.28. The third kappa shape index (κ3) is 6.02. The van der Waals surface area contributed by atoms with Crippen LogP contribution in [-0.4, -0.2) is 57.3 Å². The second kappa shape index (κ2) is 9.63. The van der Waals surface area contributed by atoms with Crippen LogP contribution in [0.1, 0.15) is 10.4 Å². The Morgan fingerprint density at radius 3 is 2.71 bits per heavy atom. The van der Waals surface area contributed by atoms with Gasteiger partial charge in [-0.25, -0.2) is 17.2 Å². The van der Waals surface area contributed by atoms with Crippen molar-refractivity contribution in [3.8, 4) is 5.75 Å². The first-order chi connectivity index (χ1) is 14.5. The molecule has 31 heavy (non-hydrogen) atoms. The normalized spacial score (nSPS) is 17.4. The van der Waals surface area contributed by atoms with E-state index >= 15 is 0 Å². The van der Waals surface area contributed by atoms with Gasteiger partial charge in [-0.1, -0.05) is 0 Å². The molecule has 1 unspecified atom stereocenters. The number of nitrogens with zero attached hydrogens (tertiary/aromatic N) is 1. The minimum atomic E-state index is -3.40. The Kier molecular flexibility index (Phi) is 7.34. The highest BCUT2D eigenvalue weighted by molar-refractivity contribution is 14.1. The highest BCUT2D eigenvalue weighted by atomic mass is 127. The smallest absolute Gasteiger partial charge is 0.254 e. The van der Waals surface area contributed by atoms with Gasteiger partial charge >= 0.3 is 0 Å². The van der Waals surface area contributed by atoms with Crippen LogP contribution in [0.3, 0.4) is 0 Å². The first kappa shape index (κ1) is 23.6. The van der Waals surface area contributed by atoms with E-state index in [4.69, 9.17) is 15.2 Å². The lowest BCUT2D eigenvalue weighted by Gasteiger charge is -2.31. The van der Waals surface area contributed by atoms with Gasteiger partial charge in [0.05, 0.1) is 24.2 Å². The number of benzene rings is 2. The topological polar surface area (TPSA) is 111 Å². The average Bonchev–Trinajstić information content (AvgIpc) is 2.67. The molecule has 0 saturated carbocycles. The van der Waals surface area contributed by atoms with Crippen molar-refractivity contribution in [2.75, 3.05) is 37.9 Å². The maximum absolute atomic E-state index is 14.2. The second-order valence-corrected chi connectivity index (χ2v) is 10.1. The molecule has 1 saturated heterocycles. The maximum atomic E-state index is 14.2. The van der Waals surface area contributed by atoms with Crippen LogP contribution in [-0.2, 0) is 14.8 Å². The number of sulfonamides is 1. The van der Waals surface area contributed by atoms with Crippen molar-refractivity contribution >= 4 is 49.9 Å². The van der Waals surface area contributed by atoms with E-state index in [0.29, 0.717) is 3.57 Å². The molecule has 0 aromatic heterocycles. The van der Waals surface area contributed by atoms with Crippen molar-refractivity contribution in [2.24, 2.45) is 5.73 Å². The maximum Gasteiger partial charge on any atom is 0.254 e. The lowest BCUT2D eigenvalue weighted by Crippen LogP contribution is -2.47. The summed E-state index contributed by atoms with van der Waals surface area (Å²) < 4.78 is 64.9. The number of amides is 1. The Balaban J connectivity index is 1.84. The number of ether oxygens (including phenoxy) is 2. The number of carbonyl (C=O) groups is 1. The van der Waals surface area contributed by atoms with Gasteiger partial charge in [0.2, 0.25) is 10.0 Å². The lowest BCUT2D eigenvalue weighted by molar-refractivity contribution is -0.0249. The quantitative estimate of drug-likeness (QED) is 0.498. The summed E-state index contributed by atoms with van der Waals surface area (Å²) in [4.78, 5) is 12.1. The summed E-state index contributed by atoms with van der Waals surface area (Å²) in [5, 5.41) is 2.68. The zero-order valence-corrected chi connectivity index (χ0v) is 19.4. The molecule has 1 aliphatic rings. The van der Waals surface area contributed by atoms with Crippen LogP contribution in [0.25, 0.3) is 0 Å². The summed E-state index contributed by atoms with van der Waals surface area (Å²) in [6.45, 7) is 0.301. The van der Waals surface area contributed by atoms with Gasteiger partial charge in [-0.15, -0.1) is 0 Å². The number of carbonyl (C=O) groups excluding carboxylic acids is 1. The van der Waals surface area contributed by atoms with Crippen molar-refractivity contribution in [1.29, 1.82) is 0 Å². The van der Waals surface area contributed by atoms with Gasteiger partial charge < -0.3 is 20.5 Å². The Bertz CT molecular complexity index is 1100. The minimum Gasteiger partial charge on any atom is -0.490 e. The van der Waals surface area contributed by atoms with E-state index in [1.165, 1.54) is 16.4 Å². The van der Waals surface area contributed by atoms with Gasteiger partial charge in [-0.05, 0) is 46.9 Å². The third-order valence-electron chi connectivity index (χ3n) is 4.51. The molecule has 3 N–H and O–H groups in total. The molecule has 1 fully saturated rings. The van der Waals surface area contributed by atoms with Crippen molar-refractivity contribution in [3.63, 3.8) is 0 Å². The number of morpholine rings is 1. The van der Waals surface area contributed by atoms with E-state index < -0.39 is 33.7 Å². The summed E-state index contributed by atoms with van der Waals surface area (Å²) in [5.41, 5.74) is 5.26. The van der Waals surface area contributed by atoms with Gasteiger partial charge in [-0.2, -0.15) is 4.31 Å². The van der Waals surface area contributed by atoms with Crippen LogP contribution >= 0.6 is 22.6 Å². The van der Waals surface area contributed by atoms with E-state index in [-0.39, 0.29) is 49.0 Å². The van der Waals surface area contributed by atoms with Crippen LogP contribution in [0.4, 0.5) is 20.2 Å². The minimum absolute atomic E-state index is 0.0267. The monoisotopic (exact) mass is 567 g/mol. The highest BCUT2D eigenvalue weighted by Crippen LogP contribution is 2.32.